The highest BCUT2D eigenvalue weighted by Crippen LogP contribution is 2.11. The van der Waals surface area contributed by atoms with Gasteiger partial charge in [0.2, 0.25) is 0 Å². The van der Waals surface area contributed by atoms with E-state index >= 15 is 0 Å². The van der Waals surface area contributed by atoms with E-state index in [0.717, 1.165) is 19.4 Å². The van der Waals surface area contributed by atoms with Gasteiger partial charge in [-0.1, -0.05) is 69.2 Å². The Balaban J connectivity index is 2.03. The summed E-state index contributed by atoms with van der Waals surface area (Å²) in [6.45, 7) is 7.56. The van der Waals surface area contributed by atoms with Crippen molar-refractivity contribution >= 4 is 6.09 Å². The summed E-state index contributed by atoms with van der Waals surface area (Å²) in [6, 6.07) is 6.38. The van der Waals surface area contributed by atoms with Gasteiger partial charge in [-0.3, -0.25) is 0 Å². The second-order valence-corrected chi connectivity index (χ2v) is 6.36. The molecule has 23 heavy (non-hydrogen) atoms. The molecule has 3 nitrogen and oxygen atoms in total. The van der Waals surface area contributed by atoms with Gasteiger partial charge < -0.3 is 10.1 Å². The highest BCUT2D eigenvalue weighted by atomic mass is 16.5. The smallest absolute Gasteiger partial charge is 0.407 e. The van der Waals surface area contributed by atoms with E-state index in [2.05, 4.69) is 44.3 Å². The lowest BCUT2D eigenvalue weighted by Crippen LogP contribution is -2.26. The normalized spacial score (nSPS) is 10.6. The first-order chi connectivity index (χ1) is 11.1. The highest BCUT2D eigenvalue weighted by Gasteiger charge is 2.03. The molecule has 0 radical (unpaired) electrons. The molecule has 0 saturated carbocycles. The lowest BCUT2D eigenvalue weighted by atomic mass is 10.0. The number of carbonyl (C=O) groups excluding carboxylic acids is 1. The van der Waals surface area contributed by atoms with Crippen LogP contribution >= 0.6 is 0 Å². The Morgan fingerprint density at radius 3 is 2.48 bits per heavy atom. The zero-order chi connectivity index (χ0) is 16.9. The number of amides is 1. The standard InChI is InChI=1S/C20H33NO2/c1-4-5-6-7-8-9-10-14-21-20(22)23-15-13-19-16-17(2)11-12-18(19)3/h11-12,16H,4-10,13-15H2,1-3H3,(H,21,22). The van der Waals surface area contributed by atoms with Gasteiger partial charge in [-0.2, -0.15) is 0 Å². The van der Waals surface area contributed by atoms with Gasteiger partial charge in [-0.25, -0.2) is 4.79 Å². The van der Waals surface area contributed by atoms with Crippen LogP contribution in [-0.2, 0) is 11.2 Å². The molecular weight excluding hydrogens is 286 g/mol. The number of unbranched alkanes of at least 4 members (excludes halogenated alkanes) is 6. The quantitative estimate of drug-likeness (QED) is 0.560. The van der Waals surface area contributed by atoms with Crippen LogP contribution in [0.1, 0.15) is 68.6 Å². The van der Waals surface area contributed by atoms with Gasteiger partial charge in [0.25, 0.3) is 0 Å². The largest absolute Gasteiger partial charge is 0.449 e. The molecule has 130 valence electrons. The van der Waals surface area contributed by atoms with E-state index in [1.807, 2.05) is 0 Å². The van der Waals surface area contributed by atoms with Crippen molar-refractivity contribution in [3.8, 4) is 0 Å². The van der Waals surface area contributed by atoms with Crippen LogP contribution in [0.2, 0.25) is 0 Å². The molecule has 0 aromatic heterocycles. The van der Waals surface area contributed by atoms with Crippen LogP contribution in [0.4, 0.5) is 4.79 Å². The number of rotatable bonds is 11. The molecule has 3 heteroatoms. The summed E-state index contributed by atoms with van der Waals surface area (Å²) in [4.78, 5) is 11.6. The van der Waals surface area contributed by atoms with Gasteiger partial charge in [0.15, 0.2) is 0 Å². The summed E-state index contributed by atoms with van der Waals surface area (Å²) in [5.74, 6) is 0. The van der Waals surface area contributed by atoms with E-state index in [9.17, 15) is 4.79 Å². The van der Waals surface area contributed by atoms with Crippen molar-refractivity contribution in [1.82, 2.24) is 5.32 Å². The number of alkyl carbamates (subject to hydrolysis) is 1. The minimum atomic E-state index is -0.290. The number of carbonyl (C=O) groups is 1. The Hall–Kier alpha value is -1.51. The van der Waals surface area contributed by atoms with Gasteiger partial charge in [-0.15, -0.1) is 0 Å². The summed E-state index contributed by atoms with van der Waals surface area (Å²) >= 11 is 0. The van der Waals surface area contributed by atoms with E-state index in [1.165, 1.54) is 55.2 Å². The lowest BCUT2D eigenvalue weighted by Gasteiger charge is -2.09. The van der Waals surface area contributed by atoms with Gasteiger partial charge >= 0.3 is 6.09 Å². The molecule has 0 spiro atoms. The van der Waals surface area contributed by atoms with Gasteiger partial charge in [0.05, 0.1) is 6.61 Å². The van der Waals surface area contributed by atoms with Gasteiger partial charge in [-0.05, 0) is 31.4 Å². The maximum absolute atomic E-state index is 11.6. The highest BCUT2D eigenvalue weighted by molar-refractivity contribution is 5.67. The lowest BCUT2D eigenvalue weighted by molar-refractivity contribution is 0.147. The fourth-order valence-electron chi connectivity index (χ4n) is 2.65. The molecule has 1 aromatic rings. The third-order valence-electron chi connectivity index (χ3n) is 4.16. The van der Waals surface area contributed by atoms with Crippen molar-refractivity contribution in [1.29, 1.82) is 0 Å². The molecular formula is C20H33NO2. The number of hydrogen-bond donors (Lipinski definition) is 1. The van der Waals surface area contributed by atoms with Crippen molar-refractivity contribution in [3.63, 3.8) is 0 Å². The third kappa shape index (κ3) is 9.27. The molecule has 0 fully saturated rings. The van der Waals surface area contributed by atoms with Crippen LogP contribution in [-0.4, -0.2) is 19.2 Å². The van der Waals surface area contributed by atoms with E-state index < -0.39 is 0 Å². The molecule has 1 amide bonds. The first-order valence-electron chi connectivity index (χ1n) is 9.10. The van der Waals surface area contributed by atoms with E-state index in [4.69, 9.17) is 4.74 Å². The molecule has 0 bridgehead atoms. The number of benzene rings is 1. The topological polar surface area (TPSA) is 38.3 Å². The SMILES string of the molecule is CCCCCCCCCNC(=O)OCCc1cc(C)ccc1C. The fraction of sp³-hybridized carbons (Fsp3) is 0.650. The number of hydrogen-bond acceptors (Lipinski definition) is 2. The Morgan fingerprint density at radius 1 is 1.04 bits per heavy atom. The molecule has 1 aromatic carbocycles. The molecule has 1 rings (SSSR count). The van der Waals surface area contributed by atoms with Crippen LogP contribution in [0.15, 0.2) is 18.2 Å². The summed E-state index contributed by atoms with van der Waals surface area (Å²) in [7, 11) is 0. The molecule has 0 unspecified atom stereocenters. The number of ether oxygens (including phenoxy) is 1. The zero-order valence-electron chi connectivity index (χ0n) is 15.1. The Labute approximate surface area is 141 Å². The summed E-state index contributed by atoms with van der Waals surface area (Å²) in [6.07, 6.45) is 9.26. The molecule has 0 heterocycles. The minimum Gasteiger partial charge on any atom is -0.449 e. The van der Waals surface area contributed by atoms with Crippen molar-refractivity contribution in [2.45, 2.75) is 72.1 Å². The maximum Gasteiger partial charge on any atom is 0.407 e. The first kappa shape index (κ1) is 19.5. The molecule has 0 aliphatic heterocycles. The zero-order valence-corrected chi connectivity index (χ0v) is 15.1. The van der Waals surface area contributed by atoms with Crippen LogP contribution in [0, 0.1) is 13.8 Å². The Bertz CT molecular complexity index is 457. The van der Waals surface area contributed by atoms with Gasteiger partial charge in [0, 0.05) is 13.0 Å². The maximum atomic E-state index is 11.6. The fourth-order valence-corrected chi connectivity index (χ4v) is 2.65. The molecule has 0 aliphatic carbocycles. The minimum absolute atomic E-state index is 0.290. The Morgan fingerprint density at radius 2 is 1.74 bits per heavy atom. The van der Waals surface area contributed by atoms with E-state index in [0.29, 0.717) is 6.61 Å². The van der Waals surface area contributed by atoms with E-state index in [-0.39, 0.29) is 6.09 Å². The third-order valence-corrected chi connectivity index (χ3v) is 4.16. The van der Waals surface area contributed by atoms with E-state index in [1.54, 1.807) is 0 Å². The van der Waals surface area contributed by atoms with Crippen LogP contribution < -0.4 is 5.32 Å². The van der Waals surface area contributed by atoms with Crippen LogP contribution in [0.25, 0.3) is 0 Å². The van der Waals surface area contributed by atoms with Crippen molar-refractivity contribution in [3.05, 3.63) is 34.9 Å². The van der Waals surface area contributed by atoms with Crippen molar-refractivity contribution < 1.29 is 9.53 Å². The number of nitrogens with one attached hydrogen (secondary N) is 1. The molecule has 0 atom stereocenters. The summed E-state index contributed by atoms with van der Waals surface area (Å²) < 4.78 is 5.25. The molecule has 0 saturated heterocycles. The predicted octanol–water partition coefficient (Wildman–Crippen LogP) is 5.32. The van der Waals surface area contributed by atoms with Crippen molar-refractivity contribution in [2.24, 2.45) is 0 Å². The van der Waals surface area contributed by atoms with Crippen LogP contribution in [0.5, 0.6) is 0 Å². The second kappa shape index (κ2) is 12.0. The summed E-state index contributed by atoms with van der Waals surface area (Å²) in [5, 5.41) is 2.84. The van der Waals surface area contributed by atoms with Gasteiger partial charge in [0.1, 0.15) is 0 Å². The van der Waals surface area contributed by atoms with Crippen LogP contribution in [0.3, 0.4) is 0 Å². The van der Waals surface area contributed by atoms with Crippen molar-refractivity contribution in [2.75, 3.05) is 13.2 Å². The average Bonchev–Trinajstić information content (AvgIpc) is 2.53. The monoisotopic (exact) mass is 319 g/mol. The Kier molecular flexibility index (Phi) is 10.2. The number of aryl methyl sites for hydroxylation is 2. The molecule has 1 N–H and O–H groups in total. The first-order valence-corrected chi connectivity index (χ1v) is 9.10. The second-order valence-electron chi connectivity index (χ2n) is 6.36. The summed E-state index contributed by atoms with van der Waals surface area (Å²) in [5.41, 5.74) is 3.75. The molecule has 0 aliphatic rings. The average molecular weight is 319 g/mol. The predicted molar refractivity (Wildman–Crippen MR) is 97.0 cm³/mol.